The zero-order valence-electron chi connectivity index (χ0n) is 10.9. The van der Waals surface area contributed by atoms with Crippen LogP contribution >= 0.6 is 0 Å². The molecule has 0 amide bonds. The van der Waals surface area contributed by atoms with Crippen molar-refractivity contribution in [3.63, 3.8) is 0 Å². The van der Waals surface area contributed by atoms with Crippen molar-refractivity contribution in [2.24, 2.45) is 5.84 Å². The van der Waals surface area contributed by atoms with Gasteiger partial charge in [-0.25, -0.2) is 24.0 Å². The summed E-state index contributed by atoms with van der Waals surface area (Å²) in [6, 6.07) is 2.80. The highest BCUT2D eigenvalue weighted by atomic mass is 32.2. The van der Waals surface area contributed by atoms with Crippen LogP contribution in [0.5, 0.6) is 0 Å². The number of pyridine rings is 1. The fourth-order valence-electron chi connectivity index (χ4n) is 1.99. The molecule has 19 heavy (non-hydrogen) atoms. The van der Waals surface area contributed by atoms with E-state index in [1.54, 1.807) is 0 Å². The lowest BCUT2D eigenvalue weighted by atomic mass is 9.97. The van der Waals surface area contributed by atoms with Crippen molar-refractivity contribution in [1.29, 1.82) is 0 Å². The first kappa shape index (κ1) is 14.2. The Balaban J connectivity index is 2.27. The van der Waals surface area contributed by atoms with Crippen molar-refractivity contribution < 1.29 is 13.2 Å². The molecular weight excluding hydrogens is 268 g/mol. The first-order valence-electron chi connectivity index (χ1n) is 5.96. The topological polar surface area (TPSA) is 106 Å². The monoisotopic (exact) mass is 286 g/mol. The summed E-state index contributed by atoms with van der Waals surface area (Å²) in [6.45, 7) is 4.24. The van der Waals surface area contributed by atoms with E-state index < -0.39 is 15.6 Å². The Hall–Kier alpha value is -1.22. The van der Waals surface area contributed by atoms with Gasteiger partial charge in [-0.2, -0.15) is 0 Å². The maximum Gasteiger partial charge on any atom is 0.241 e. The van der Waals surface area contributed by atoms with E-state index in [4.69, 9.17) is 10.6 Å². The summed E-state index contributed by atoms with van der Waals surface area (Å²) in [5, 5.41) is 0. The smallest absolute Gasteiger partial charge is 0.241 e. The number of rotatable bonds is 4. The summed E-state index contributed by atoms with van der Waals surface area (Å²) >= 11 is 0. The predicted octanol–water partition coefficient (Wildman–Crippen LogP) is 0.213. The van der Waals surface area contributed by atoms with Gasteiger partial charge in [0.2, 0.25) is 10.0 Å². The van der Waals surface area contributed by atoms with Crippen LogP contribution in [0.1, 0.15) is 20.3 Å². The maximum atomic E-state index is 12.3. The number of aromatic nitrogens is 1. The van der Waals surface area contributed by atoms with Crippen molar-refractivity contribution in [3.05, 3.63) is 18.3 Å². The van der Waals surface area contributed by atoms with E-state index in [2.05, 4.69) is 15.1 Å². The number of hydrogen-bond donors (Lipinski definition) is 3. The number of nitrogens with one attached hydrogen (secondary N) is 2. The number of hydrazine groups is 1. The van der Waals surface area contributed by atoms with Crippen LogP contribution in [-0.4, -0.2) is 31.7 Å². The molecule has 0 aliphatic carbocycles. The molecule has 0 aromatic carbocycles. The quantitative estimate of drug-likeness (QED) is 0.540. The van der Waals surface area contributed by atoms with Gasteiger partial charge in [-0.3, -0.25) is 0 Å². The molecule has 0 bridgehead atoms. The van der Waals surface area contributed by atoms with Crippen LogP contribution < -0.4 is 16.0 Å². The van der Waals surface area contributed by atoms with E-state index >= 15 is 0 Å². The normalized spacial score (nSPS) is 27.4. The lowest BCUT2D eigenvalue weighted by Crippen LogP contribution is -2.50. The standard InChI is InChI=1S/C11H18N4O3S/c1-8-11(2,4-6-18-8)15-19(16,17)9-3-5-13-10(7-9)14-12/h3,5,7-8,15H,4,6,12H2,1-2H3,(H,13,14). The minimum atomic E-state index is -3.63. The van der Waals surface area contributed by atoms with Crippen LogP contribution in [0.4, 0.5) is 5.82 Å². The minimum absolute atomic E-state index is 0.121. The lowest BCUT2D eigenvalue weighted by Gasteiger charge is -2.28. The van der Waals surface area contributed by atoms with Gasteiger partial charge in [-0.05, 0) is 26.3 Å². The third kappa shape index (κ3) is 2.86. The van der Waals surface area contributed by atoms with Gasteiger partial charge in [0.05, 0.1) is 16.5 Å². The molecule has 1 aliphatic heterocycles. The Kier molecular flexibility index (Phi) is 3.77. The Morgan fingerprint density at radius 3 is 2.89 bits per heavy atom. The summed E-state index contributed by atoms with van der Waals surface area (Å²) in [6.07, 6.45) is 1.86. The largest absolute Gasteiger partial charge is 0.376 e. The average molecular weight is 286 g/mol. The lowest BCUT2D eigenvalue weighted by molar-refractivity contribution is 0.0957. The highest BCUT2D eigenvalue weighted by molar-refractivity contribution is 7.89. The van der Waals surface area contributed by atoms with Gasteiger partial charge in [0.15, 0.2) is 0 Å². The molecule has 1 saturated heterocycles. The van der Waals surface area contributed by atoms with Crippen molar-refractivity contribution >= 4 is 15.8 Å². The van der Waals surface area contributed by atoms with E-state index in [-0.39, 0.29) is 11.0 Å². The zero-order chi connectivity index (χ0) is 14.1. The third-order valence-electron chi connectivity index (χ3n) is 3.44. The van der Waals surface area contributed by atoms with E-state index in [9.17, 15) is 8.42 Å². The van der Waals surface area contributed by atoms with Gasteiger partial charge < -0.3 is 10.2 Å². The molecule has 7 nitrogen and oxygen atoms in total. The van der Waals surface area contributed by atoms with Crippen LogP contribution in [0, 0.1) is 0 Å². The van der Waals surface area contributed by atoms with Crippen molar-refractivity contribution in [2.75, 3.05) is 12.0 Å². The summed E-state index contributed by atoms with van der Waals surface area (Å²) in [5.41, 5.74) is 1.72. The molecule has 1 fully saturated rings. The molecule has 106 valence electrons. The van der Waals surface area contributed by atoms with Crippen molar-refractivity contribution in [2.45, 2.75) is 36.8 Å². The second-order valence-electron chi connectivity index (χ2n) is 4.81. The Morgan fingerprint density at radius 2 is 2.32 bits per heavy atom. The van der Waals surface area contributed by atoms with E-state index in [1.165, 1.54) is 18.3 Å². The van der Waals surface area contributed by atoms with Crippen molar-refractivity contribution in [1.82, 2.24) is 9.71 Å². The molecule has 8 heteroatoms. The van der Waals surface area contributed by atoms with Crippen LogP contribution in [0.2, 0.25) is 0 Å². The number of sulfonamides is 1. The van der Waals surface area contributed by atoms with E-state index in [1.807, 2.05) is 13.8 Å². The summed E-state index contributed by atoms with van der Waals surface area (Å²) in [5.74, 6) is 5.52. The van der Waals surface area contributed by atoms with Crippen molar-refractivity contribution in [3.8, 4) is 0 Å². The molecule has 1 aromatic heterocycles. The second-order valence-corrected chi connectivity index (χ2v) is 6.49. The molecule has 4 N–H and O–H groups in total. The highest BCUT2D eigenvalue weighted by Gasteiger charge is 2.40. The molecule has 2 heterocycles. The Bertz CT molecular complexity index is 563. The second kappa shape index (κ2) is 5.04. The SMILES string of the molecule is CC1OCCC1(C)NS(=O)(=O)c1ccnc(NN)c1. The molecule has 0 spiro atoms. The summed E-state index contributed by atoms with van der Waals surface area (Å²) in [4.78, 5) is 4.00. The fourth-order valence-corrected chi connectivity index (χ4v) is 3.50. The van der Waals surface area contributed by atoms with Gasteiger partial charge >= 0.3 is 0 Å². The van der Waals surface area contributed by atoms with Gasteiger partial charge in [0.1, 0.15) is 5.82 Å². The number of nitrogen functional groups attached to an aromatic ring is 1. The molecule has 2 atom stereocenters. The molecule has 2 unspecified atom stereocenters. The van der Waals surface area contributed by atoms with Gasteiger partial charge in [-0.15, -0.1) is 0 Å². The first-order chi connectivity index (χ1) is 8.87. The molecule has 1 aromatic rings. The predicted molar refractivity (Wildman–Crippen MR) is 70.8 cm³/mol. The average Bonchev–Trinajstić information content (AvgIpc) is 2.68. The number of anilines is 1. The van der Waals surface area contributed by atoms with Crippen LogP contribution in [0.15, 0.2) is 23.2 Å². The third-order valence-corrected chi connectivity index (χ3v) is 5.05. The number of ether oxygens (including phenoxy) is 1. The summed E-state index contributed by atoms with van der Waals surface area (Å²) < 4.78 is 32.8. The highest BCUT2D eigenvalue weighted by Crippen LogP contribution is 2.27. The number of nitrogens with zero attached hydrogens (tertiary/aromatic N) is 1. The Labute approximate surface area is 112 Å². The van der Waals surface area contributed by atoms with Gasteiger partial charge in [-0.1, -0.05) is 0 Å². The van der Waals surface area contributed by atoms with E-state index in [0.29, 0.717) is 18.8 Å². The van der Waals surface area contributed by atoms with Gasteiger partial charge in [0.25, 0.3) is 0 Å². The fraction of sp³-hybridized carbons (Fsp3) is 0.545. The minimum Gasteiger partial charge on any atom is -0.376 e. The molecular formula is C11H18N4O3S. The Morgan fingerprint density at radius 1 is 1.58 bits per heavy atom. The number of hydrogen-bond acceptors (Lipinski definition) is 6. The van der Waals surface area contributed by atoms with Crippen LogP contribution in [0.3, 0.4) is 0 Å². The van der Waals surface area contributed by atoms with Crippen LogP contribution in [-0.2, 0) is 14.8 Å². The van der Waals surface area contributed by atoms with Crippen LogP contribution in [0.25, 0.3) is 0 Å². The molecule has 2 rings (SSSR count). The maximum absolute atomic E-state index is 12.3. The molecule has 0 saturated carbocycles. The molecule has 0 radical (unpaired) electrons. The zero-order valence-corrected chi connectivity index (χ0v) is 11.7. The molecule has 1 aliphatic rings. The summed E-state index contributed by atoms with van der Waals surface area (Å²) in [7, 11) is -3.63. The van der Waals surface area contributed by atoms with E-state index in [0.717, 1.165) is 0 Å². The first-order valence-corrected chi connectivity index (χ1v) is 7.44. The van der Waals surface area contributed by atoms with Gasteiger partial charge in [0, 0.05) is 18.9 Å². The number of nitrogens with two attached hydrogens (primary N) is 1.